The van der Waals surface area contributed by atoms with E-state index in [1.165, 1.54) is 7.11 Å². The van der Waals surface area contributed by atoms with E-state index in [-0.39, 0.29) is 0 Å². The molecule has 2 heterocycles. The van der Waals surface area contributed by atoms with Crippen molar-refractivity contribution in [3.8, 4) is 0 Å². The first-order chi connectivity index (χ1) is 19.6. The third-order valence-corrected chi connectivity index (χ3v) is 6.00. The van der Waals surface area contributed by atoms with Crippen LogP contribution in [0.1, 0.15) is 41.5 Å². The molecule has 2 aliphatic heterocycles. The Kier molecular flexibility index (Phi) is 13.0. The highest BCUT2D eigenvalue weighted by molar-refractivity contribution is 5.73. The first-order valence-electron chi connectivity index (χ1n) is 12.9. The Morgan fingerprint density at radius 3 is 1.52 bits per heavy atom. The molecule has 42 heavy (non-hydrogen) atoms. The van der Waals surface area contributed by atoms with Crippen molar-refractivity contribution in [3.05, 3.63) is 0 Å². The van der Waals surface area contributed by atoms with E-state index in [4.69, 9.17) is 42.6 Å². The molecule has 0 bridgehead atoms. The van der Waals surface area contributed by atoms with Crippen molar-refractivity contribution in [2.45, 2.75) is 103 Å². The molecule has 1 amide bonds. The van der Waals surface area contributed by atoms with Crippen molar-refractivity contribution in [2.75, 3.05) is 20.3 Å². The lowest BCUT2D eigenvalue weighted by Crippen LogP contribution is -2.69. The van der Waals surface area contributed by atoms with Gasteiger partial charge in [-0.3, -0.25) is 28.8 Å². The van der Waals surface area contributed by atoms with Crippen molar-refractivity contribution < 1.29 is 76.5 Å². The number of ether oxygens (including phenoxy) is 9. The maximum Gasteiger partial charge on any atom is 0.303 e. The van der Waals surface area contributed by atoms with Crippen molar-refractivity contribution in [2.24, 2.45) is 0 Å². The maximum atomic E-state index is 12.2. The SMILES string of the molecule is CO[C@@H]1[C@H](O[C@@H]2O[C@H](COC(C)=O)[C@@H](OC(C)=O)[C@H](OC(C)=O)[C@H]2NC(C)=O)[C@@H](O)O[C@H](COC(C)=O)[C@H]1OC(C)=O. The molecule has 0 unspecified atom stereocenters. The highest BCUT2D eigenvalue weighted by atomic mass is 16.7. The summed E-state index contributed by atoms with van der Waals surface area (Å²) in [6.07, 6.45) is -12.7. The number of amides is 1. The third kappa shape index (κ3) is 9.87. The standard InChI is InChI=1S/C25H37NO16/c1-10(27)26-18-21(39-15(6)32)19(37-13(4)30)17(9-36-12(3)29)41-25(18)42-23-22(34-7)20(38-14(5)31)16(40-24(23)33)8-35-11(2)28/h16-25,33H,8-9H2,1-7H3,(H,26,27)/t16-,17-,18-,19-,20-,21-,22+,23+,24+,25+/m1/s1. The number of esters is 5. The zero-order chi connectivity index (χ0) is 31.7. The summed E-state index contributed by atoms with van der Waals surface area (Å²) in [5.41, 5.74) is 0. The van der Waals surface area contributed by atoms with Crippen LogP contribution in [0, 0.1) is 0 Å². The lowest BCUT2D eigenvalue weighted by atomic mass is 9.95. The van der Waals surface area contributed by atoms with Gasteiger partial charge in [-0.1, -0.05) is 0 Å². The van der Waals surface area contributed by atoms with Gasteiger partial charge in [-0.2, -0.15) is 0 Å². The van der Waals surface area contributed by atoms with E-state index in [2.05, 4.69) is 5.32 Å². The molecule has 2 saturated heterocycles. The molecule has 2 fully saturated rings. The molecule has 10 atom stereocenters. The summed E-state index contributed by atoms with van der Waals surface area (Å²) < 4.78 is 49.2. The zero-order valence-corrected chi connectivity index (χ0v) is 24.3. The van der Waals surface area contributed by atoms with Gasteiger partial charge in [0, 0.05) is 48.7 Å². The number of rotatable bonds is 11. The lowest BCUT2D eigenvalue weighted by Gasteiger charge is -2.48. The number of nitrogens with one attached hydrogen (secondary N) is 1. The van der Waals surface area contributed by atoms with Crippen molar-refractivity contribution in [3.63, 3.8) is 0 Å². The molecule has 17 nitrogen and oxygen atoms in total. The van der Waals surface area contributed by atoms with Gasteiger partial charge >= 0.3 is 29.8 Å². The average molecular weight is 608 g/mol. The fraction of sp³-hybridized carbons (Fsp3) is 0.760. The van der Waals surface area contributed by atoms with Crippen LogP contribution in [0.4, 0.5) is 0 Å². The van der Waals surface area contributed by atoms with E-state index in [0.717, 1.165) is 41.5 Å². The molecule has 2 aliphatic rings. The van der Waals surface area contributed by atoms with Gasteiger partial charge in [0.2, 0.25) is 5.91 Å². The van der Waals surface area contributed by atoms with Crippen LogP contribution in [0.5, 0.6) is 0 Å². The number of carbonyl (C=O) groups is 6. The van der Waals surface area contributed by atoms with Gasteiger partial charge in [0.05, 0.1) is 0 Å². The third-order valence-electron chi connectivity index (χ3n) is 6.00. The maximum absolute atomic E-state index is 12.2. The smallest absolute Gasteiger partial charge is 0.303 e. The molecule has 0 aliphatic carbocycles. The van der Waals surface area contributed by atoms with Crippen LogP contribution in [0.25, 0.3) is 0 Å². The van der Waals surface area contributed by atoms with Crippen molar-refractivity contribution in [1.29, 1.82) is 0 Å². The van der Waals surface area contributed by atoms with Crippen LogP contribution in [-0.4, -0.2) is 123 Å². The topological polar surface area (TPSA) is 218 Å². The summed E-state index contributed by atoms with van der Waals surface area (Å²) >= 11 is 0. The van der Waals surface area contributed by atoms with Crippen molar-refractivity contribution >= 4 is 35.8 Å². The Balaban J connectivity index is 2.52. The van der Waals surface area contributed by atoms with Crippen LogP contribution in [0.15, 0.2) is 0 Å². The normalized spacial score (nSPS) is 32.6. The Bertz CT molecular complexity index is 1000. The number of hydrogen-bond acceptors (Lipinski definition) is 16. The molecule has 0 aromatic carbocycles. The lowest BCUT2D eigenvalue weighted by molar-refractivity contribution is -0.351. The minimum Gasteiger partial charge on any atom is -0.463 e. The van der Waals surface area contributed by atoms with Gasteiger partial charge in [-0.05, 0) is 0 Å². The Labute approximate surface area is 241 Å². The highest BCUT2D eigenvalue weighted by Gasteiger charge is 2.55. The molecule has 2 N–H and O–H groups in total. The fourth-order valence-electron chi connectivity index (χ4n) is 4.54. The largest absolute Gasteiger partial charge is 0.463 e. The number of aliphatic hydroxyl groups excluding tert-OH is 1. The molecule has 0 spiro atoms. The molecule has 17 heteroatoms. The zero-order valence-electron chi connectivity index (χ0n) is 24.3. The fourth-order valence-corrected chi connectivity index (χ4v) is 4.54. The van der Waals surface area contributed by atoms with E-state index in [0.29, 0.717) is 0 Å². The van der Waals surface area contributed by atoms with Crippen LogP contribution in [0.2, 0.25) is 0 Å². The number of aliphatic hydroxyl groups is 1. The predicted molar refractivity (Wildman–Crippen MR) is 133 cm³/mol. The number of carbonyl (C=O) groups excluding carboxylic acids is 6. The van der Waals surface area contributed by atoms with E-state index in [9.17, 15) is 33.9 Å². The van der Waals surface area contributed by atoms with E-state index in [1.54, 1.807) is 0 Å². The Morgan fingerprint density at radius 1 is 0.643 bits per heavy atom. The molecule has 2 rings (SSSR count). The van der Waals surface area contributed by atoms with Gasteiger partial charge < -0.3 is 53.1 Å². The second kappa shape index (κ2) is 15.7. The van der Waals surface area contributed by atoms with Crippen LogP contribution in [0.3, 0.4) is 0 Å². The first kappa shape index (κ1) is 34.8. The summed E-state index contributed by atoms with van der Waals surface area (Å²) in [7, 11) is 1.23. The van der Waals surface area contributed by atoms with Gasteiger partial charge in [0.1, 0.15) is 43.7 Å². The Hall–Kier alpha value is -3.38. The summed E-state index contributed by atoms with van der Waals surface area (Å²) in [5.74, 6) is -4.36. The van der Waals surface area contributed by atoms with Crippen LogP contribution in [-0.2, 0) is 71.4 Å². The second-order valence-corrected chi connectivity index (χ2v) is 9.46. The second-order valence-electron chi connectivity index (χ2n) is 9.46. The monoisotopic (exact) mass is 607 g/mol. The quantitative estimate of drug-likeness (QED) is 0.197. The van der Waals surface area contributed by atoms with Gasteiger partial charge in [-0.15, -0.1) is 0 Å². The molecule has 0 radical (unpaired) electrons. The van der Waals surface area contributed by atoms with Crippen LogP contribution < -0.4 is 5.32 Å². The summed E-state index contributed by atoms with van der Waals surface area (Å²) in [6, 6.07) is -1.36. The van der Waals surface area contributed by atoms with E-state index >= 15 is 0 Å². The summed E-state index contributed by atoms with van der Waals surface area (Å²) in [6.45, 7) is 5.81. The average Bonchev–Trinajstić information content (AvgIpc) is 2.86. The number of hydrogen-bond donors (Lipinski definition) is 2. The van der Waals surface area contributed by atoms with Gasteiger partial charge in [-0.25, -0.2) is 0 Å². The molecular weight excluding hydrogens is 570 g/mol. The minimum atomic E-state index is -1.80. The molecule has 238 valence electrons. The van der Waals surface area contributed by atoms with Gasteiger partial charge in [0.25, 0.3) is 0 Å². The molecule has 0 aromatic rings. The molecule has 0 aromatic heterocycles. The van der Waals surface area contributed by atoms with E-state index in [1.807, 2.05) is 0 Å². The summed E-state index contributed by atoms with van der Waals surface area (Å²) in [4.78, 5) is 71.1. The first-order valence-corrected chi connectivity index (χ1v) is 12.9. The van der Waals surface area contributed by atoms with Gasteiger partial charge in [0.15, 0.2) is 30.9 Å². The Morgan fingerprint density at radius 2 is 1.10 bits per heavy atom. The van der Waals surface area contributed by atoms with E-state index < -0.39 is 110 Å². The summed E-state index contributed by atoms with van der Waals surface area (Å²) in [5, 5.41) is 13.4. The minimum absolute atomic E-state index is 0.408. The molecular formula is C25H37NO16. The molecule has 0 saturated carbocycles. The van der Waals surface area contributed by atoms with Crippen molar-refractivity contribution in [1.82, 2.24) is 5.32 Å². The van der Waals surface area contributed by atoms with Crippen LogP contribution >= 0.6 is 0 Å². The number of methoxy groups -OCH3 is 1. The highest BCUT2D eigenvalue weighted by Crippen LogP contribution is 2.33. The predicted octanol–water partition coefficient (Wildman–Crippen LogP) is -1.75.